The van der Waals surface area contributed by atoms with Gasteiger partial charge >= 0.3 is 0 Å². The molecule has 1 atom stereocenters. The monoisotopic (exact) mass is 336 g/mol. The van der Waals surface area contributed by atoms with E-state index in [0.717, 1.165) is 30.9 Å². The molecule has 3 heterocycles. The Morgan fingerprint density at radius 3 is 2.92 bits per heavy atom. The maximum Gasteiger partial charge on any atom is 0.259 e. The van der Waals surface area contributed by atoms with Crippen LogP contribution in [-0.4, -0.2) is 35.6 Å². The molecule has 4 rings (SSSR count). The summed E-state index contributed by atoms with van der Waals surface area (Å²) >= 11 is 0. The van der Waals surface area contributed by atoms with Gasteiger partial charge in [0.2, 0.25) is 0 Å². The number of hydrogen-bond acceptors (Lipinski definition) is 5. The van der Waals surface area contributed by atoms with Crippen molar-refractivity contribution in [3.05, 3.63) is 65.1 Å². The molecule has 1 aliphatic rings. The number of benzene rings is 1. The van der Waals surface area contributed by atoms with Gasteiger partial charge in [0.25, 0.3) is 5.56 Å². The predicted octanol–water partition coefficient (Wildman–Crippen LogP) is 2.39. The van der Waals surface area contributed by atoms with Gasteiger partial charge in [-0.2, -0.15) is 0 Å². The van der Waals surface area contributed by atoms with Crippen LogP contribution in [0.5, 0.6) is 5.75 Å². The number of rotatable bonds is 4. The molecule has 0 bridgehead atoms. The number of ether oxygens (including phenoxy) is 1. The average molecular weight is 336 g/mol. The van der Waals surface area contributed by atoms with Crippen molar-refractivity contribution in [3.8, 4) is 5.75 Å². The Morgan fingerprint density at radius 1 is 1.20 bits per heavy atom. The third kappa shape index (κ3) is 3.03. The van der Waals surface area contributed by atoms with Crippen molar-refractivity contribution in [2.24, 2.45) is 0 Å². The Hall–Kier alpha value is -3.02. The minimum Gasteiger partial charge on any atom is -0.495 e. The molecule has 0 aliphatic carbocycles. The van der Waals surface area contributed by atoms with Crippen molar-refractivity contribution >= 4 is 17.2 Å². The first-order chi connectivity index (χ1) is 12.2. The van der Waals surface area contributed by atoms with Crippen molar-refractivity contribution in [2.75, 3.05) is 30.4 Å². The molecule has 0 spiro atoms. The fourth-order valence-corrected chi connectivity index (χ4v) is 3.32. The second kappa shape index (κ2) is 6.47. The van der Waals surface area contributed by atoms with Crippen LogP contribution < -0.4 is 20.5 Å². The number of methoxy groups -OCH3 is 1. The number of nitrogens with one attached hydrogen (secondary N) is 1. The highest BCUT2D eigenvalue weighted by molar-refractivity contribution is 5.59. The van der Waals surface area contributed by atoms with Gasteiger partial charge in [-0.25, -0.2) is 4.98 Å². The van der Waals surface area contributed by atoms with Gasteiger partial charge in [0.05, 0.1) is 12.8 Å². The van der Waals surface area contributed by atoms with Gasteiger partial charge in [-0.3, -0.25) is 9.20 Å². The van der Waals surface area contributed by atoms with Crippen LogP contribution in [0.3, 0.4) is 0 Å². The lowest BCUT2D eigenvalue weighted by Gasteiger charge is -2.21. The summed E-state index contributed by atoms with van der Waals surface area (Å²) in [6.45, 7) is 1.78. The summed E-state index contributed by atoms with van der Waals surface area (Å²) in [7, 11) is 1.69. The van der Waals surface area contributed by atoms with Crippen LogP contribution >= 0.6 is 0 Å². The van der Waals surface area contributed by atoms with E-state index in [1.54, 1.807) is 23.8 Å². The SMILES string of the molecule is COc1ccccc1N1CCC(Nc2cc(=O)n3ccccc3n2)C1. The molecule has 128 valence electrons. The molecule has 3 aromatic rings. The zero-order chi connectivity index (χ0) is 17.2. The fraction of sp³-hybridized carbons (Fsp3) is 0.263. The quantitative estimate of drug-likeness (QED) is 0.793. The minimum absolute atomic E-state index is 0.0762. The summed E-state index contributed by atoms with van der Waals surface area (Å²) in [5, 5.41) is 3.40. The van der Waals surface area contributed by atoms with Gasteiger partial charge in [-0.05, 0) is 30.7 Å². The van der Waals surface area contributed by atoms with Crippen molar-refractivity contribution in [2.45, 2.75) is 12.5 Å². The molecule has 1 unspecified atom stereocenters. The van der Waals surface area contributed by atoms with Crippen molar-refractivity contribution < 1.29 is 4.74 Å². The summed E-state index contributed by atoms with van der Waals surface area (Å²) in [6, 6.07) is 15.4. The van der Waals surface area contributed by atoms with Gasteiger partial charge in [-0.15, -0.1) is 0 Å². The van der Waals surface area contributed by atoms with Gasteiger partial charge in [0.1, 0.15) is 17.2 Å². The molecular weight excluding hydrogens is 316 g/mol. The molecule has 6 heteroatoms. The Kier molecular flexibility index (Phi) is 4.01. The summed E-state index contributed by atoms with van der Waals surface area (Å²) in [4.78, 5) is 19.0. The Labute approximate surface area is 145 Å². The maximum atomic E-state index is 12.2. The lowest BCUT2D eigenvalue weighted by molar-refractivity contribution is 0.415. The normalized spacial score (nSPS) is 17.0. The average Bonchev–Trinajstić information content (AvgIpc) is 3.10. The Morgan fingerprint density at radius 2 is 2.04 bits per heavy atom. The first-order valence-electron chi connectivity index (χ1n) is 8.37. The van der Waals surface area contributed by atoms with E-state index >= 15 is 0 Å². The summed E-state index contributed by atoms with van der Waals surface area (Å²) < 4.78 is 7.00. The van der Waals surface area contributed by atoms with E-state index in [0.29, 0.717) is 11.5 Å². The topological polar surface area (TPSA) is 58.9 Å². The highest BCUT2D eigenvalue weighted by Gasteiger charge is 2.24. The van der Waals surface area contributed by atoms with Crippen LogP contribution in [-0.2, 0) is 0 Å². The number of pyridine rings is 1. The van der Waals surface area contributed by atoms with E-state index in [4.69, 9.17) is 4.74 Å². The number of aromatic nitrogens is 2. The summed E-state index contributed by atoms with van der Waals surface area (Å²) in [5.74, 6) is 1.51. The van der Waals surface area contributed by atoms with Crippen molar-refractivity contribution in [1.82, 2.24) is 9.38 Å². The molecule has 1 aromatic carbocycles. The smallest absolute Gasteiger partial charge is 0.259 e. The standard InChI is InChI=1S/C19H20N4O2/c1-25-16-7-3-2-6-15(16)22-11-9-14(13-22)20-17-12-19(24)23-10-5-4-8-18(23)21-17/h2-8,10,12,14,20H,9,11,13H2,1H3. The van der Waals surface area contributed by atoms with Gasteiger partial charge in [0, 0.05) is 31.4 Å². The van der Waals surface area contributed by atoms with Crippen LogP contribution in [0.2, 0.25) is 0 Å². The second-order valence-electron chi connectivity index (χ2n) is 6.16. The molecule has 1 fully saturated rings. The van der Waals surface area contributed by atoms with Crippen LogP contribution in [0.15, 0.2) is 59.5 Å². The molecule has 0 amide bonds. The van der Waals surface area contributed by atoms with E-state index in [-0.39, 0.29) is 11.6 Å². The van der Waals surface area contributed by atoms with E-state index in [1.807, 2.05) is 36.4 Å². The molecule has 25 heavy (non-hydrogen) atoms. The van der Waals surface area contributed by atoms with Crippen LogP contribution in [0.25, 0.3) is 5.65 Å². The van der Waals surface area contributed by atoms with Crippen LogP contribution in [0, 0.1) is 0 Å². The number of anilines is 2. The zero-order valence-electron chi connectivity index (χ0n) is 14.1. The molecule has 1 aliphatic heterocycles. The Bertz CT molecular complexity index is 953. The van der Waals surface area contributed by atoms with E-state index in [9.17, 15) is 4.79 Å². The number of nitrogens with zero attached hydrogens (tertiary/aromatic N) is 3. The van der Waals surface area contributed by atoms with Gasteiger partial charge in [0.15, 0.2) is 0 Å². The predicted molar refractivity (Wildman–Crippen MR) is 98.7 cm³/mol. The summed E-state index contributed by atoms with van der Waals surface area (Å²) in [6.07, 6.45) is 2.71. The molecule has 0 saturated carbocycles. The van der Waals surface area contributed by atoms with Crippen molar-refractivity contribution in [1.29, 1.82) is 0 Å². The highest BCUT2D eigenvalue weighted by Crippen LogP contribution is 2.30. The molecular formula is C19H20N4O2. The lowest BCUT2D eigenvalue weighted by atomic mass is 10.2. The molecule has 1 N–H and O–H groups in total. The van der Waals surface area contributed by atoms with E-state index in [2.05, 4.69) is 21.3 Å². The largest absolute Gasteiger partial charge is 0.495 e. The zero-order valence-corrected chi connectivity index (χ0v) is 14.1. The third-order valence-electron chi connectivity index (χ3n) is 4.54. The second-order valence-corrected chi connectivity index (χ2v) is 6.16. The van der Waals surface area contributed by atoms with E-state index < -0.39 is 0 Å². The molecule has 2 aromatic heterocycles. The molecule has 6 nitrogen and oxygen atoms in total. The maximum absolute atomic E-state index is 12.2. The van der Waals surface area contributed by atoms with E-state index in [1.165, 1.54) is 0 Å². The first-order valence-corrected chi connectivity index (χ1v) is 8.37. The third-order valence-corrected chi connectivity index (χ3v) is 4.54. The van der Waals surface area contributed by atoms with Crippen LogP contribution in [0.1, 0.15) is 6.42 Å². The summed E-state index contributed by atoms with van der Waals surface area (Å²) in [5.41, 5.74) is 1.67. The molecule has 1 saturated heterocycles. The first kappa shape index (κ1) is 15.5. The van der Waals surface area contributed by atoms with Crippen molar-refractivity contribution in [3.63, 3.8) is 0 Å². The Balaban J connectivity index is 1.52. The minimum atomic E-state index is -0.0762. The lowest BCUT2D eigenvalue weighted by Crippen LogP contribution is -2.27. The van der Waals surface area contributed by atoms with Crippen LogP contribution in [0.4, 0.5) is 11.5 Å². The number of para-hydroxylation sites is 2. The fourth-order valence-electron chi connectivity index (χ4n) is 3.32. The number of fused-ring (bicyclic) bond motifs is 1. The highest BCUT2D eigenvalue weighted by atomic mass is 16.5. The van der Waals surface area contributed by atoms with Gasteiger partial charge < -0.3 is 15.0 Å². The molecule has 0 radical (unpaired) electrons. The van der Waals surface area contributed by atoms with Gasteiger partial charge in [-0.1, -0.05) is 18.2 Å². The number of hydrogen-bond donors (Lipinski definition) is 1.